The van der Waals surface area contributed by atoms with Crippen molar-refractivity contribution >= 4 is 28.9 Å². The van der Waals surface area contributed by atoms with E-state index < -0.39 is 0 Å². The van der Waals surface area contributed by atoms with Gasteiger partial charge in [-0.25, -0.2) is 0 Å². The summed E-state index contributed by atoms with van der Waals surface area (Å²) in [5, 5.41) is 7.14. The second kappa shape index (κ2) is 8.15. The Hall–Kier alpha value is -1.66. The number of anilines is 1. The monoisotopic (exact) mass is 360 g/mol. The fourth-order valence-electron chi connectivity index (χ4n) is 2.97. The zero-order chi connectivity index (χ0) is 17.8. The van der Waals surface area contributed by atoms with Crippen molar-refractivity contribution in [2.75, 3.05) is 38.0 Å². The maximum atomic E-state index is 11.9. The summed E-state index contributed by atoms with van der Waals surface area (Å²) in [4.78, 5) is 16.3. The number of nitrogens with zero attached hydrogens (tertiary/aromatic N) is 2. The molecule has 1 aliphatic carbocycles. The van der Waals surface area contributed by atoms with Crippen LogP contribution in [0, 0.1) is 0 Å². The molecule has 3 rings (SSSR count). The number of rotatable bonds is 5. The molecule has 1 amide bonds. The number of piperazine rings is 1. The Morgan fingerprint density at radius 3 is 2.36 bits per heavy atom. The third-order valence-electron chi connectivity index (χ3n) is 4.80. The molecule has 25 heavy (non-hydrogen) atoms. The average molecular weight is 361 g/mol. The van der Waals surface area contributed by atoms with Crippen molar-refractivity contribution in [1.29, 1.82) is 0 Å². The summed E-state index contributed by atoms with van der Waals surface area (Å²) < 4.78 is 0. The van der Waals surface area contributed by atoms with Gasteiger partial charge in [0.05, 0.1) is 6.54 Å². The van der Waals surface area contributed by atoms with Gasteiger partial charge >= 0.3 is 0 Å². The Balaban J connectivity index is 1.42. The van der Waals surface area contributed by atoms with Crippen LogP contribution in [0.25, 0.3) is 0 Å². The zero-order valence-electron chi connectivity index (χ0n) is 15.1. The minimum absolute atomic E-state index is 0.155. The van der Waals surface area contributed by atoms with Gasteiger partial charge in [0.1, 0.15) is 0 Å². The summed E-state index contributed by atoms with van der Waals surface area (Å²) in [5.41, 5.74) is 2.36. The predicted octanol–water partition coefficient (Wildman–Crippen LogP) is 2.40. The summed E-state index contributed by atoms with van der Waals surface area (Å²) in [6, 6.07) is 8.89. The number of carbonyl (C=O) groups excluding carboxylic acids is 1. The molecular formula is C19H28N4OS. The van der Waals surface area contributed by atoms with E-state index in [1.807, 2.05) is 0 Å². The molecule has 0 unspecified atom stereocenters. The van der Waals surface area contributed by atoms with Gasteiger partial charge in [-0.3, -0.25) is 9.69 Å². The Labute approximate surface area is 155 Å². The van der Waals surface area contributed by atoms with Gasteiger partial charge in [-0.2, -0.15) is 0 Å². The highest BCUT2D eigenvalue weighted by atomic mass is 32.1. The third kappa shape index (κ3) is 5.41. The number of thiocarbonyl (C=S) groups is 1. The molecule has 1 saturated carbocycles. The van der Waals surface area contributed by atoms with Crippen molar-refractivity contribution in [3.05, 3.63) is 29.8 Å². The number of hydrogen-bond acceptors (Lipinski definition) is 3. The van der Waals surface area contributed by atoms with Crippen LogP contribution in [0.4, 0.5) is 5.69 Å². The zero-order valence-corrected chi connectivity index (χ0v) is 15.9. The second-order valence-electron chi connectivity index (χ2n) is 7.31. The Bertz CT molecular complexity index is 604. The van der Waals surface area contributed by atoms with Gasteiger partial charge in [-0.15, -0.1) is 0 Å². The maximum Gasteiger partial charge on any atom is 0.234 e. The fourth-order valence-corrected chi connectivity index (χ4v) is 3.27. The lowest BCUT2D eigenvalue weighted by molar-refractivity contribution is -0.122. The van der Waals surface area contributed by atoms with Crippen LogP contribution in [0.15, 0.2) is 24.3 Å². The standard InChI is InChI=1S/C19H28N4OS/c1-14(2)15-3-5-17(6-4-15)21-19(25)23-11-9-22(10-12-23)13-18(24)20-16-7-8-16/h3-6,14,16H,7-13H2,1-2H3,(H,20,24)(H,21,25). The van der Waals surface area contributed by atoms with Gasteiger partial charge in [0.25, 0.3) is 0 Å². The van der Waals surface area contributed by atoms with E-state index in [-0.39, 0.29) is 5.91 Å². The Morgan fingerprint density at radius 1 is 1.16 bits per heavy atom. The van der Waals surface area contributed by atoms with Gasteiger partial charge in [-0.05, 0) is 48.7 Å². The summed E-state index contributed by atoms with van der Waals surface area (Å²) in [6.07, 6.45) is 2.27. The highest BCUT2D eigenvalue weighted by Gasteiger charge is 2.25. The minimum atomic E-state index is 0.155. The highest BCUT2D eigenvalue weighted by molar-refractivity contribution is 7.80. The molecule has 136 valence electrons. The number of hydrogen-bond donors (Lipinski definition) is 2. The van der Waals surface area contributed by atoms with Crippen LogP contribution in [0.3, 0.4) is 0 Å². The highest BCUT2D eigenvalue weighted by Crippen LogP contribution is 2.19. The lowest BCUT2D eigenvalue weighted by Gasteiger charge is -2.35. The molecule has 1 saturated heterocycles. The Morgan fingerprint density at radius 2 is 1.80 bits per heavy atom. The van der Waals surface area contributed by atoms with Gasteiger partial charge in [0, 0.05) is 37.9 Å². The lowest BCUT2D eigenvalue weighted by atomic mass is 10.0. The first kappa shape index (κ1) is 18.1. The van der Waals surface area contributed by atoms with E-state index in [4.69, 9.17) is 12.2 Å². The van der Waals surface area contributed by atoms with E-state index in [1.165, 1.54) is 5.56 Å². The molecule has 6 heteroatoms. The van der Waals surface area contributed by atoms with Crippen molar-refractivity contribution in [3.63, 3.8) is 0 Å². The third-order valence-corrected chi connectivity index (χ3v) is 5.16. The van der Waals surface area contributed by atoms with E-state index in [1.54, 1.807) is 0 Å². The molecule has 0 bridgehead atoms. The molecule has 0 radical (unpaired) electrons. The predicted molar refractivity (Wildman–Crippen MR) is 106 cm³/mol. The summed E-state index contributed by atoms with van der Waals surface area (Å²) in [6.45, 7) is 8.33. The summed E-state index contributed by atoms with van der Waals surface area (Å²) in [7, 11) is 0. The summed E-state index contributed by atoms with van der Waals surface area (Å²) in [5.74, 6) is 0.688. The van der Waals surface area contributed by atoms with E-state index in [2.05, 4.69) is 58.5 Å². The molecule has 2 aliphatic rings. The van der Waals surface area contributed by atoms with Crippen LogP contribution < -0.4 is 10.6 Å². The van der Waals surface area contributed by atoms with Crippen molar-refractivity contribution in [2.45, 2.75) is 38.6 Å². The second-order valence-corrected chi connectivity index (χ2v) is 7.70. The van der Waals surface area contributed by atoms with E-state index in [9.17, 15) is 4.79 Å². The summed E-state index contributed by atoms with van der Waals surface area (Å²) >= 11 is 5.55. The molecular weight excluding hydrogens is 332 g/mol. The number of nitrogens with one attached hydrogen (secondary N) is 2. The molecule has 1 heterocycles. The minimum Gasteiger partial charge on any atom is -0.352 e. The van der Waals surface area contributed by atoms with Crippen molar-refractivity contribution in [2.24, 2.45) is 0 Å². The van der Waals surface area contributed by atoms with Crippen molar-refractivity contribution in [3.8, 4) is 0 Å². The molecule has 1 aromatic rings. The van der Waals surface area contributed by atoms with Gasteiger partial charge < -0.3 is 15.5 Å². The van der Waals surface area contributed by atoms with Crippen molar-refractivity contribution < 1.29 is 4.79 Å². The molecule has 2 fully saturated rings. The quantitative estimate of drug-likeness (QED) is 0.790. The maximum absolute atomic E-state index is 11.9. The van der Waals surface area contributed by atoms with Crippen LogP contribution >= 0.6 is 12.2 Å². The molecule has 0 spiro atoms. The van der Waals surface area contributed by atoms with Crippen LogP contribution in [0.2, 0.25) is 0 Å². The lowest BCUT2D eigenvalue weighted by Crippen LogP contribution is -2.52. The van der Waals surface area contributed by atoms with Crippen LogP contribution in [-0.2, 0) is 4.79 Å². The molecule has 5 nitrogen and oxygen atoms in total. The van der Waals surface area contributed by atoms with E-state index in [0.717, 1.165) is 49.8 Å². The average Bonchev–Trinajstić information content (AvgIpc) is 3.39. The number of carbonyl (C=O) groups is 1. The Kier molecular flexibility index (Phi) is 5.91. The number of benzene rings is 1. The topological polar surface area (TPSA) is 47.6 Å². The molecule has 0 atom stereocenters. The SMILES string of the molecule is CC(C)c1ccc(NC(=S)N2CCN(CC(=O)NC3CC3)CC2)cc1. The molecule has 2 N–H and O–H groups in total. The van der Waals surface area contributed by atoms with Crippen LogP contribution in [0.1, 0.15) is 38.2 Å². The first-order valence-corrected chi connectivity index (χ1v) is 9.59. The van der Waals surface area contributed by atoms with Gasteiger partial charge in [0.15, 0.2) is 5.11 Å². The smallest absolute Gasteiger partial charge is 0.234 e. The van der Waals surface area contributed by atoms with E-state index >= 15 is 0 Å². The molecule has 0 aromatic heterocycles. The first-order valence-electron chi connectivity index (χ1n) is 9.19. The van der Waals surface area contributed by atoms with Gasteiger partial charge in [0.2, 0.25) is 5.91 Å². The molecule has 1 aromatic carbocycles. The van der Waals surface area contributed by atoms with Gasteiger partial charge in [-0.1, -0.05) is 26.0 Å². The molecule has 1 aliphatic heterocycles. The largest absolute Gasteiger partial charge is 0.352 e. The van der Waals surface area contributed by atoms with Crippen LogP contribution in [-0.4, -0.2) is 59.6 Å². The fraction of sp³-hybridized carbons (Fsp3) is 0.579. The van der Waals surface area contributed by atoms with Crippen molar-refractivity contribution in [1.82, 2.24) is 15.1 Å². The van der Waals surface area contributed by atoms with E-state index in [0.29, 0.717) is 18.5 Å². The number of amides is 1. The normalized spacial score (nSPS) is 18.3. The first-order chi connectivity index (χ1) is 12.0. The van der Waals surface area contributed by atoms with Crippen LogP contribution in [0.5, 0.6) is 0 Å².